The fourth-order valence-corrected chi connectivity index (χ4v) is 3.44. The van der Waals surface area contributed by atoms with Crippen molar-refractivity contribution in [2.24, 2.45) is 5.73 Å². The van der Waals surface area contributed by atoms with Gasteiger partial charge in [-0.25, -0.2) is 0 Å². The van der Waals surface area contributed by atoms with Gasteiger partial charge in [0.2, 0.25) is 5.91 Å². The molecule has 0 saturated heterocycles. The van der Waals surface area contributed by atoms with Crippen LogP contribution in [-0.4, -0.2) is 24.5 Å². The Labute approximate surface area is 152 Å². The van der Waals surface area contributed by atoms with Crippen LogP contribution in [0.4, 0.5) is 0 Å². The fourth-order valence-electron chi connectivity index (χ4n) is 3.44. The second-order valence-electron chi connectivity index (χ2n) is 6.71. The predicted octanol–water partition coefficient (Wildman–Crippen LogP) is 3.26. The topological polar surface area (TPSA) is 94.6 Å². The highest BCUT2D eigenvalue weighted by Gasteiger charge is 2.39. The number of amides is 2. The van der Waals surface area contributed by atoms with E-state index < -0.39 is 17.4 Å². The maximum atomic E-state index is 12.7. The van der Waals surface area contributed by atoms with Gasteiger partial charge >= 0.3 is 0 Å². The van der Waals surface area contributed by atoms with Crippen molar-refractivity contribution < 1.29 is 18.7 Å². The third-order valence-corrected chi connectivity index (χ3v) is 4.97. The summed E-state index contributed by atoms with van der Waals surface area (Å²) < 4.78 is 10.9. The zero-order chi connectivity index (χ0) is 18.6. The van der Waals surface area contributed by atoms with E-state index in [4.69, 9.17) is 14.9 Å². The first-order valence-corrected chi connectivity index (χ1v) is 8.91. The van der Waals surface area contributed by atoms with Gasteiger partial charge in [-0.2, -0.15) is 0 Å². The molecule has 1 aliphatic carbocycles. The molecular formula is C20H24N2O4. The summed E-state index contributed by atoms with van der Waals surface area (Å²) in [4.78, 5) is 24.7. The van der Waals surface area contributed by atoms with Crippen LogP contribution in [0.2, 0.25) is 0 Å². The average molecular weight is 356 g/mol. The number of hydrogen-bond acceptors (Lipinski definition) is 4. The number of ether oxygens (including phenoxy) is 1. The molecule has 0 spiro atoms. The Balaban J connectivity index is 1.79. The largest absolute Gasteiger partial charge is 0.497 e. The Bertz CT molecular complexity index is 789. The highest BCUT2D eigenvalue weighted by atomic mass is 16.5. The van der Waals surface area contributed by atoms with Crippen molar-refractivity contribution in [1.82, 2.24) is 5.32 Å². The van der Waals surface area contributed by atoms with Crippen LogP contribution in [0.15, 0.2) is 40.8 Å². The maximum Gasteiger partial charge on any atom is 0.287 e. The number of rotatable bonds is 5. The van der Waals surface area contributed by atoms with E-state index in [0.29, 0.717) is 24.4 Å². The Morgan fingerprint density at radius 2 is 1.85 bits per heavy atom. The molecule has 3 rings (SSSR count). The molecule has 138 valence electrons. The molecule has 3 N–H and O–H groups in total. The van der Waals surface area contributed by atoms with Gasteiger partial charge in [0.25, 0.3) is 5.91 Å². The lowest BCUT2D eigenvalue weighted by molar-refractivity contribution is -0.124. The molecule has 0 unspecified atom stereocenters. The Hall–Kier alpha value is -2.76. The van der Waals surface area contributed by atoms with Gasteiger partial charge in [-0.3, -0.25) is 9.59 Å². The quantitative estimate of drug-likeness (QED) is 0.804. The lowest BCUT2D eigenvalue weighted by Crippen LogP contribution is -2.57. The third-order valence-electron chi connectivity index (χ3n) is 4.97. The molecule has 1 heterocycles. The molecule has 2 amide bonds. The minimum atomic E-state index is -0.990. The van der Waals surface area contributed by atoms with E-state index in [-0.39, 0.29) is 5.76 Å². The lowest BCUT2D eigenvalue weighted by Gasteiger charge is -2.30. The van der Waals surface area contributed by atoms with Gasteiger partial charge in [0.1, 0.15) is 17.0 Å². The Kier molecular flexibility index (Phi) is 5.30. The van der Waals surface area contributed by atoms with Crippen LogP contribution < -0.4 is 15.8 Å². The molecule has 0 aliphatic heterocycles. The smallest absolute Gasteiger partial charge is 0.287 e. The SMILES string of the molecule is COc1cccc(-c2ccc(C(=O)NC3(C(N)=O)CCCCCC3)o2)c1. The van der Waals surface area contributed by atoms with Crippen molar-refractivity contribution >= 4 is 11.8 Å². The van der Waals surface area contributed by atoms with Crippen LogP contribution in [-0.2, 0) is 4.79 Å². The van der Waals surface area contributed by atoms with Gasteiger partial charge in [0, 0.05) is 5.56 Å². The van der Waals surface area contributed by atoms with Gasteiger partial charge < -0.3 is 20.2 Å². The predicted molar refractivity (Wildman–Crippen MR) is 97.8 cm³/mol. The summed E-state index contributed by atoms with van der Waals surface area (Å²) in [5.41, 5.74) is 5.45. The first-order valence-electron chi connectivity index (χ1n) is 8.91. The molecule has 1 saturated carbocycles. The average Bonchev–Trinajstić information content (AvgIpc) is 3.02. The molecule has 1 aromatic carbocycles. The number of methoxy groups -OCH3 is 1. The van der Waals surface area contributed by atoms with Crippen molar-refractivity contribution in [3.05, 3.63) is 42.2 Å². The van der Waals surface area contributed by atoms with Crippen LogP contribution in [0.5, 0.6) is 5.75 Å². The fraction of sp³-hybridized carbons (Fsp3) is 0.400. The van der Waals surface area contributed by atoms with Crippen LogP contribution >= 0.6 is 0 Å². The highest BCUT2D eigenvalue weighted by molar-refractivity contribution is 5.97. The summed E-state index contributed by atoms with van der Waals surface area (Å²) in [7, 11) is 1.59. The zero-order valence-corrected chi connectivity index (χ0v) is 14.9. The van der Waals surface area contributed by atoms with Crippen molar-refractivity contribution in [3.63, 3.8) is 0 Å². The number of carbonyl (C=O) groups excluding carboxylic acids is 2. The Morgan fingerprint density at radius 1 is 1.12 bits per heavy atom. The molecule has 26 heavy (non-hydrogen) atoms. The molecule has 2 aromatic rings. The van der Waals surface area contributed by atoms with E-state index >= 15 is 0 Å². The molecule has 0 bridgehead atoms. The van der Waals surface area contributed by atoms with E-state index in [9.17, 15) is 9.59 Å². The third kappa shape index (κ3) is 3.74. The monoisotopic (exact) mass is 356 g/mol. The van der Waals surface area contributed by atoms with Gasteiger partial charge in [0.15, 0.2) is 5.76 Å². The normalized spacial score (nSPS) is 16.5. The first kappa shape index (κ1) is 18.0. The van der Waals surface area contributed by atoms with E-state index in [1.807, 2.05) is 24.3 Å². The number of hydrogen-bond donors (Lipinski definition) is 2. The van der Waals surface area contributed by atoms with Crippen molar-refractivity contribution in [1.29, 1.82) is 0 Å². The summed E-state index contributed by atoms with van der Waals surface area (Å²) in [5, 5.41) is 2.84. The number of furan rings is 1. The van der Waals surface area contributed by atoms with E-state index in [1.165, 1.54) is 0 Å². The molecule has 1 aliphatic rings. The molecule has 1 fully saturated rings. The number of nitrogens with two attached hydrogens (primary N) is 1. The van der Waals surface area contributed by atoms with Crippen LogP contribution in [0, 0.1) is 0 Å². The second-order valence-corrected chi connectivity index (χ2v) is 6.71. The standard InChI is InChI=1S/C20H24N2O4/c1-25-15-8-6-7-14(13-15)16-9-10-17(26-16)18(23)22-20(19(21)24)11-4-2-3-5-12-20/h6-10,13H,2-5,11-12H2,1H3,(H2,21,24)(H,22,23). The number of primary amides is 1. The van der Waals surface area contributed by atoms with Gasteiger partial charge in [-0.1, -0.05) is 37.8 Å². The molecule has 6 nitrogen and oxygen atoms in total. The van der Waals surface area contributed by atoms with Crippen molar-refractivity contribution in [3.8, 4) is 17.1 Å². The summed E-state index contributed by atoms with van der Waals surface area (Å²) in [6, 6.07) is 10.7. The molecule has 0 radical (unpaired) electrons. The molecule has 1 aromatic heterocycles. The lowest BCUT2D eigenvalue weighted by atomic mass is 9.89. The number of benzene rings is 1. The van der Waals surface area contributed by atoms with Crippen LogP contribution in [0.3, 0.4) is 0 Å². The first-order chi connectivity index (χ1) is 12.5. The molecular weight excluding hydrogens is 332 g/mol. The highest BCUT2D eigenvalue weighted by Crippen LogP contribution is 2.29. The minimum Gasteiger partial charge on any atom is -0.497 e. The maximum absolute atomic E-state index is 12.7. The number of carbonyl (C=O) groups is 2. The zero-order valence-electron chi connectivity index (χ0n) is 14.9. The summed E-state index contributed by atoms with van der Waals surface area (Å²) in [6.45, 7) is 0. The molecule has 0 atom stereocenters. The summed E-state index contributed by atoms with van der Waals surface area (Å²) in [6.07, 6.45) is 4.97. The van der Waals surface area contributed by atoms with Gasteiger partial charge in [-0.15, -0.1) is 0 Å². The second kappa shape index (κ2) is 7.64. The number of nitrogens with one attached hydrogen (secondary N) is 1. The molecule has 6 heteroatoms. The van der Waals surface area contributed by atoms with Gasteiger partial charge in [0.05, 0.1) is 7.11 Å². The van der Waals surface area contributed by atoms with E-state index in [0.717, 1.165) is 31.2 Å². The van der Waals surface area contributed by atoms with Crippen LogP contribution in [0.25, 0.3) is 11.3 Å². The minimum absolute atomic E-state index is 0.160. The Morgan fingerprint density at radius 3 is 2.50 bits per heavy atom. The summed E-state index contributed by atoms with van der Waals surface area (Å²) >= 11 is 0. The van der Waals surface area contributed by atoms with Crippen molar-refractivity contribution in [2.45, 2.75) is 44.1 Å². The van der Waals surface area contributed by atoms with E-state index in [2.05, 4.69) is 5.32 Å². The summed E-state index contributed by atoms with van der Waals surface area (Å²) in [5.74, 6) is 0.527. The van der Waals surface area contributed by atoms with Crippen molar-refractivity contribution in [2.75, 3.05) is 7.11 Å². The van der Waals surface area contributed by atoms with Gasteiger partial charge in [-0.05, 0) is 37.1 Å². The van der Waals surface area contributed by atoms with E-state index in [1.54, 1.807) is 19.2 Å². The van der Waals surface area contributed by atoms with Crippen LogP contribution in [0.1, 0.15) is 49.1 Å².